The van der Waals surface area contributed by atoms with E-state index < -0.39 is 0 Å². The molecule has 1 amide bonds. The van der Waals surface area contributed by atoms with Crippen molar-refractivity contribution >= 4 is 44.9 Å². The smallest absolute Gasteiger partial charge is 0.263 e. The largest absolute Gasteiger partial charge is 0.508 e. The first kappa shape index (κ1) is 21.9. The summed E-state index contributed by atoms with van der Waals surface area (Å²) in [5.74, 6) is 0.601. The number of hydrogen-bond acceptors (Lipinski definition) is 6. The first-order chi connectivity index (χ1) is 14.9. The van der Waals surface area contributed by atoms with Crippen molar-refractivity contribution in [3.63, 3.8) is 0 Å². The molecule has 1 aliphatic carbocycles. The van der Waals surface area contributed by atoms with Gasteiger partial charge in [-0.2, -0.15) is 0 Å². The van der Waals surface area contributed by atoms with Gasteiger partial charge in [0.2, 0.25) is 5.91 Å². The predicted octanol–water partition coefficient (Wildman–Crippen LogP) is 4.82. The molecular weight excluding hydrogens is 430 g/mol. The number of nitrogens with zero attached hydrogens (tertiary/aromatic N) is 2. The Balaban J connectivity index is 1.60. The van der Waals surface area contributed by atoms with Crippen molar-refractivity contribution in [2.75, 3.05) is 11.1 Å². The van der Waals surface area contributed by atoms with Gasteiger partial charge in [0.05, 0.1) is 11.1 Å². The van der Waals surface area contributed by atoms with Gasteiger partial charge in [0.1, 0.15) is 10.6 Å². The lowest BCUT2D eigenvalue weighted by Crippen LogP contribution is -2.25. The number of aromatic nitrogens is 2. The minimum absolute atomic E-state index is 0.0338. The fourth-order valence-electron chi connectivity index (χ4n) is 3.79. The van der Waals surface area contributed by atoms with E-state index in [4.69, 9.17) is 4.98 Å². The van der Waals surface area contributed by atoms with Gasteiger partial charge < -0.3 is 10.4 Å². The molecule has 4 rings (SSSR count). The predicted molar refractivity (Wildman–Crippen MR) is 127 cm³/mol. The van der Waals surface area contributed by atoms with Crippen LogP contribution >= 0.6 is 23.1 Å². The van der Waals surface area contributed by atoms with Crippen LogP contribution < -0.4 is 10.9 Å². The maximum Gasteiger partial charge on any atom is 0.263 e. The number of phenolic OH excluding ortho intramolecular Hbond substituents is 1. The van der Waals surface area contributed by atoms with Gasteiger partial charge in [-0.05, 0) is 67.9 Å². The Morgan fingerprint density at radius 3 is 2.74 bits per heavy atom. The van der Waals surface area contributed by atoms with Crippen LogP contribution in [0.25, 0.3) is 10.2 Å². The molecule has 0 atom stereocenters. The Hall–Kier alpha value is -2.32. The second kappa shape index (κ2) is 9.44. The monoisotopic (exact) mass is 457 g/mol. The number of hydrogen-bond donors (Lipinski definition) is 2. The molecule has 0 saturated carbocycles. The fourth-order valence-corrected chi connectivity index (χ4v) is 5.91. The Morgan fingerprint density at radius 2 is 2.00 bits per heavy atom. The molecule has 2 heterocycles. The summed E-state index contributed by atoms with van der Waals surface area (Å²) in [6, 6.07) is 6.36. The molecule has 0 spiro atoms. The second-order valence-electron chi connectivity index (χ2n) is 8.31. The molecule has 0 saturated heterocycles. The van der Waals surface area contributed by atoms with Gasteiger partial charge in [-0.15, -0.1) is 11.3 Å². The van der Waals surface area contributed by atoms with E-state index in [2.05, 4.69) is 19.2 Å². The van der Waals surface area contributed by atoms with E-state index >= 15 is 0 Å². The summed E-state index contributed by atoms with van der Waals surface area (Å²) in [5, 5.41) is 13.6. The molecule has 164 valence electrons. The molecule has 1 aromatic carbocycles. The third kappa shape index (κ3) is 4.96. The number of aryl methyl sites for hydroxylation is 2. The molecular formula is C23H27N3O3S2. The molecule has 0 radical (unpaired) electrons. The number of fused-ring (bicyclic) bond motifs is 3. The summed E-state index contributed by atoms with van der Waals surface area (Å²) in [7, 11) is 0. The maximum atomic E-state index is 13.5. The molecule has 31 heavy (non-hydrogen) atoms. The number of carbonyl (C=O) groups excluding carboxylic acids is 1. The van der Waals surface area contributed by atoms with Gasteiger partial charge in [-0.1, -0.05) is 25.6 Å². The van der Waals surface area contributed by atoms with Crippen molar-refractivity contribution in [2.45, 2.75) is 57.7 Å². The zero-order chi connectivity index (χ0) is 22.0. The number of anilines is 1. The highest BCUT2D eigenvalue weighted by molar-refractivity contribution is 7.99. The Kier molecular flexibility index (Phi) is 6.67. The molecule has 2 N–H and O–H groups in total. The van der Waals surface area contributed by atoms with Crippen molar-refractivity contribution in [3.05, 3.63) is 45.1 Å². The lowest BCUT2D eigenvalue weighted by atomic mass is 9.97. The molecule has 1 aliphatic rings. The summed E-state index contributed by atoms with van der Waals surface area (Å²) in [5.41, 5.74) is 1.85. The average Bonchev–Trinajstić information content (AvgIpc) is 3.11. The number of thiophene rings is 1. The van der Waals surface area contributed by atoms with Crippen LogP contribution in [-0.4, -0.2) is 26.3 Å². The summed E-state index contributed by atoms with van der Waals surface area (Å²) in [6.07, 6.45) is 5.16. The zero-order valence-corrected chi connectivity index (χ0v) is 19.4. The van der Waals surface area contributed by atoms with Crippen LogP contribution in [0.2, 0.25) is 0 Å². The topological polar surface area (TPSA) is 84.2 Å². The van der Waals surface area contributed by atoms with Crippen molar-refractivity contribution in [1.82, 2.24) is 9.55 Å². The van der Waals surface area contributed by atoms with E-state index in [1.807, 2.05) is 0 Å². The van der Waals surface area contributed by atoms with E-state index in [0.717, 1.165) is 35.9 Å². The SMILES string of the molecule is CC(C)CCn1c(SCC(=O)Nc2ccc(O)cc2)nc2sc3c(c2c1=O)CCCC3. The third-order valence-electron chi connectivity index (χ3n) is 5.45. The van der Waals surface area contributed by atoms with E-state index in [9.17, 15) is 14.7 Å². The van der Waals surface area contributed by atoms with Crippen molar-refractivity contribution < 1.29 is 9.90 Å². The summed E-state index contributed by atoms with van der Waals surface area (Å²) in [6.45, 7) is 4.88. The van der Waals surface area contributed by atoms with Crippen LogP contribution in [0.3, 0.4) is 0 Å². The van der Waals surface area contributed by atoms with E-state index in [-0.39, 0.29) is 23.0 Å². The normalized spacial score (nSPS) is 13.5. The van der Waals surface area contributed by atoms with E-state index in [1.165, 1.54) is 40.8 Å². The Morgan fingerprint density at radius 1 is 1.26 bits per heavy atom. The van der Waals surface area contributed by atoms with Gasteiger partial charge in [0.15, 0.2) is 5.16 Å². The Bertz CT molecular complexity index is 1150. The highest BCUT2D eigenvalue weighted by atomic mass is 32.2. The number of rotatable bonds is 7. The van der Waals surface area contributed by atoms with Crippen molar-refractivity contribution in [2.24, 2.45) is 5.92 Å². The lowest BCUT2D eigenvalue weighted by Gasteiger charge is -2.14. The summed E-state index contributed by atoms with van der Waals surface area (Å²) < 4.78 is 1.77. The zero-order valence-electron chi connectivity index (χ0n) is 17.8. The molecule has 2 aromatic heterocycles. The molecule has 0 bridgehead atoms. The van der Waals surface area contributed by atoms with Crippen LogP contribution in [0.5, 0.6) is 5.75 Å². The lowest BCUT2D eigenvalue weighted by molar-refractivity contribution is -0.113. The van der Waals surface area contributed by atoms with Crippen LogP contribution in [0.15, 0.2) is 34.2 Å². The average molecular weight is 458 g/mol. The number of phenols is 1. The second-order valence-corrected chi connectivity index (χ2v) is 10.3. The maximum absolute atomic E-state index is 13.5. The molecule has 6 nitrogen and oxygen atoms in total. The molecule has 8 heteroatoms. The van der Waals surface area contributed by atoms with Crippen LogP contribution in [-0.2, 0) is 24.2 Å². The number of carbonyl (C=O) groups is 1. The van der Waals surface area contributed by atoms with Gasteiger partial charge in [0.25, 0.3) is 5.56 Å². The highest BCUT2D eigenvalue weighted by Crippen LogP contribution is 2.34. The number of amides is 1. The van der Waals surface area contributed by atoms with Crippen LogP contribution in [0.1, 0.15) is 43.6 Å². The number of aromatic hydroxyl groups is 1. The first-order valence-electron chi connectivity index (χ1n) is 10.7. The quantitative estimate of drug-likeness (QED) is 0.302. The van der Waals surface area contributed by atoms with Crippen molar-refractivity contribution in [1.29, 1.82) is 0 Å². The van der Waals surface area contributed by atoms with Gasteiger partial charge in [0, 0.05) is 17.1 Å². The standard InChI is InChI=1S/C23H27N3O3S2/c1-14(2)11-12-26-22(29)20-17-5-3-4-6-18(17)31-21(20)25-23(26)30-13-19(28)24-15-7-9-16(27)10-8-15/h7-10,14,27H,3-6,11-13H2,1-2H3,(H,24,28). The number of benzene rings is 1. The third-order valence-corrected chi connectivity index (χ3v) is 7.62. The van der Waals surface area contributed by atoms with Gasteiger partial charge >= 0.3 is 0 Å². The molecule has 3 aromatic rings. The van der Waals surface area contributed by atoms with Crippen LogP contribution in [0.4, 0.5) is 5.69 Å². The van der Waals surface area contributed by atoms with Gasteiger partial charge in [-0.25, -0.2) is 4.98 Å². The van der Waals surface area contributed by atoms with E-state index in [1.54, 1.807) is 28.0 Å². The highest BCUT2D eigenvalue weighted by Gasteiger charge is 2.22. The summed E-state index contributed by atoms with van der Waals surface area (Å²) >= 11 is 2.94. The Labute approximate surface area is 189 Å². The number of nitrogens with one attached hydrogen (secondary N) is 1. The molecule has 0 unspecified atom stereocenters. The molecule has 0 aliphatic heterocycles. The molecule has 0 fully saturated rings. The van der Waals surface area contributed by atoms with Crippen molar-refractivity contribution in [3.8, 4) is 5.75 Å². The minimum Gasteiger partial charge on any atom is -0.508 e. The number of thioether (sulfide) groups is 1. The van der Waals surface area contributed by atoms with Gasteiger partial charge in [-0.3, -0.25) is 14.2 Å². The summed E-state index contributed by atoms with van der Waals surface area (Å²) in [4.78, 5) is 32.8. The minimum atomic E-state index is -0.175. The fraction of sp³-hybridized carbons (Fsp3) is 0.435. The van der Waals surface area contributed by atoms with Crippen LogP contribution in [0, 0.1) is 5.92 Å². The first-order valence-corrected chi connectivity index (χ1v) is 12.5. The van der Waals surface area contributed by atoms with E-state index in [0.29, 0.717) is 23.3 Å².